The van der Waals surface area contributed by atoms with Gasteiger partial charge in [-0.25, -0.2) is 0 Å². The molecule has 1 aromatic carbocycles. The highest BCUT2D eigenvalue weighted by Crippen LogP contribution is 2.16. The van der Waals surface area contributed by atoms with Crippen molar-refractivity contribution in [2.75, 3.05) is 32.7 Å². The third-order valence-electron chi connectivity index (χ3n) is 4.52. The van der Waals surface area contributed by atoms with Gasteiger partial charge in [-0.05, 0) is 30.4 Å². The van der Waals surface area contributed by atoms with Gasteiger partial charge in [-0.3, -0.25) is 9.69 Å². The van der Waals surface area contributed by atoms with Crippen molar-refractivity contribution in [3.8, 4) is 0 Å². The number of carbonyl (C=O) groups excluding carboxylic acids is 1. The second-order valence-electron chi connectivity index (χ2n) is 7.05. The first kappa shape index (κ1) is 17.0. The molecule has 3 nitrogen and oxygen atoms in total. The summed E-state index contributed by atoms with van der Waals surface area (Å²) in [5, 5.41) is 0. The average Bonchev–Trinajstić information content (AvgIpc) is 2.49. The van der Waals surface area contributed by atoms with Gasteiger partial charge in [0.15, 0.2) is 0 Å². The first-order chi connectivity index (χ1) is 10.5. The molecule has 122 valence electrons. The van der Waals surface area contributed by atoms with Crippen LogP contribution in [0.4, 0.5) is 0 Å². The second kappa shape index (κ2) is 7.77. The van der Waals surface area contributed by atoms with E-state index in [1.54, 1.807) is 0 Å². The first-order valence-electron chi connectivity index (χ1n) is 8.53. The van der Waals surface area contributed by atoms with Crippen molar-refractivity contribution in [2.24, 2.45) is 11.8 Å². The van der Waals surface area contributed by atoms with Gasteiger partial charge in [0.25, 0.3) is 0 Å². The summed E-state index contributed by atoms with van der Waals surface area (Å²) in [7, 11) is 0. The zero-order valence-electron chi connectivity index (χ0n) is 14.5. The van der Waals surface area contributed by atoms with Crippen molar-refractivity contribution < 1.29 is 4.79 Å². The van der Waals surface area contributed by atoms with E-state index in [0.29, 0.717) is 11.8 Å². The molecule has 0 saturated carbocycles. The van der Waals surface area contributed by atoms with Crippen LogP contribution in [0.5, 0.6) is 0 Å². The van der Waals surface area contributed by atoms with Gasteiger partial charge < -0.3 is 4.90 Å². The lowest BCUT2D eigenvalue weighted by Crippen LogP contribution is -2.50. The standard InChI is InChI=1S/C19H30N2O/c1-15(2)14-20-9-11-21(12-10-20)19(22)17(4)13-18-8-6-5-7-16(18)3/h5-8,15,17H,9-14H2,1-4H3. The van der Waals surface area contributed by atoms with Crippen LogP contribution in [0.2, 0.25) is 0 Å². The van der Waals surface area contributed by atoms with E-state index in [0.717, 1.165) is 39.1 Å². The molecule has 0 radical (unpaired) electrons. The number of hydrogen-bond acceptors (Lipinski definition) is 2. The lowest BCUT2D eigenvalue weighted by Gasteiger charge is -2.36. The Labute approximate surface area is 135 Å². The van der Waals surface area contributed by atoms with Crippen molar-refractivity contribution in [3.63, 3.8) is 0 Å². The number of aryl methyl sites for hydroxylation is 1. The Balaban J connectivity index is 1.86. The number of piperazine rings is 1. The zero-order valence-corrected chi connectivity index (χ0v) is 14.5. The highest BCUT2D eigenvalue weighted by atomic mass is 16.2. The number of benzene rings is 1. The first-order valence-corrected chi connectivity index (χ1v) is 8.53. The van der Waals surface area contributed by atoms with Crippen LogP contribution in [-0.4, -0.2) is 48.4 Å². The summed E-state index contributed by atoms with van der Waals surface area (Å²) >= 11 is 0. The fourth-order valence-corrected chi connectivity index (χ4v) is 3.24. The van der Waals surface area contributed by atoms with Crippen LogP contribution < -0.4 is 0 Å². The predicted octanol–water partition coefficient (Wildman–Crippen LogP) is 2.97. The lowest BCUT2D eigenvalue weighted by molar-refractivity contribution is -0.136. The molecule has 0 aromatic heterocycles. The largest absolute Gasteiger partial charge is 0.340 e. The SMILES string of the molecule is Cc1ccccc1CC(C)C(=O)N1CCN(CC(C)C)CC1. The lowest BCUT2D eigenvalue weighted by atomic mass is 9.96. The molecule has 1 heterocycles. The number of hydrogen-bond donors (Lipinski definition) is 0. The fraction of sp³-hybridized carbons (Fsp3) is 0.632. The molecule has 1 amide bonds. The van der Waals surface area contributed by atoms with E-state index in [2.05, 4.69) is 61.8 Å². The third-order valence-corrected chi connectivity index (χ3v) is 4.52. The quantitative estimate of drug-likeness (QED) is 0.835. The normalized spacial score (nSPS) is 17.8. The topological polar surface area (TPSA) is 23.6 Å². The number of nitrogens with zero attached hydrogens (tertiary/aromatic N) is 2. The summed E-state index contributed by atoms with van der Waals surface area (Å²) in [6.07, 6.45) is 0.845. The average molecular weight is 302 g/mol. The number of carbonyl (C=O) groups is 1. The number of amides is 1. The van der Waals surface area contributed by atoms with Crippen LogP contribution in [0.15, 0.2) is 24.3 Å². The molecule has 3 heteroatoms. The van der Waals surface area contributed by atoms with Crippen LogP contribution in [0, 0.1) is 18.8 Å². The minimum Gasteiger partial charge on any atom is -0.340 e. The Morgan fingerprint density at radius 3 is 2.32 bits per heavy atom. The van der Waals surface area contributed by atoms with E-state index in [9.17, 15) is 4.79 Å². The van der Waals surface area contributed by atoms with Crippen LogP contribution in [0.3, 0.4) is 0 Å². The van der Waals surface area contributed by atoms with Crippen molar-refractivity contribution in [1.29, 1.82) is 0 Å². The smallest absolute Gasteiger partial charge is 0.225 e. The van der Waals surface area contributed by atoms with E-state index in [4.69, 9.17) is 0 Å². The molecule has 22 heavy (non-hydrogen) atoms. The van der Waals surface area contributed by atoms with Crippen LogP contribution >= 0.6 is 0 Å². The summed E-state index contributed by atoms with van der Waals surface area (Å²) in [4.78, 5) is 17.2. The van der Waals surface area contributed by atoms with Crippen LogP contribution in [0.1, 0.15) is 31.9 Å². The Morgan fingerprint density at radius 1 is 1.09 bits per heavy atom. The van der Waals surface area contributed by atoms with Crippen LogP contribution in [0.25, 0.3) is 0 Å². The summed E-state index contributed by atoms with van der Waals surface area (Å²) in [6.45, 7) is 13.6. The second-order valence-corrected chi connectivity index (χ2v) is 7.05. The van der Waals surface area contributed by atoms with Crippen LogP contribution in [-0.2, 0) is 11.2 Å². The fourth-order valence-electron chi connectivity index (χ4n) is 3.24. The molecular formula is C19H30N2O. The summed E-state index contributed by atoms with van der Waals surface area (Å²) in [5.41, 5.74) is 2.57. The van der Waals surface area contributed by atoms with Crippen molar-refractivity contribution in [3.05, 3.63) is 35.4 Å². The molecule has 1 aliphatic heterocycles. The molecule has 1 unspecified atom stereocenters. The van der Waals surface area contributed by atoms with E-state index in [-0.39, 0.29) is 5.92 Å². The monoisotopic (exact) mass is 302 g/mol. The van der Waals surface area contributed by atoms with E-state index < -0.39 is 0 Å². The minimum atomic E-state index is 0.0674. The van der Waals surface area contributed by atoms with Gasteiger partial charge in [0.1, 0.15) is 0 Å². The Bertz CT molecular complexity index is 490. The van der Waals surface area contributed by atoms with Crippen molar-refractivity contribution in [2.45, 2.75) is 34.1 Å². The highest BCUT2D eigenvalue weighted by Gasteiger charge is 2.25. The van der Waals surface area contributed by atoms with Gasteiger partial charge in [0, 0.05) is 38.6 Å². The highest BCUT2D eigenvalue weighted by molar-refractivity contribution is 5.79. The molecule has 2 rings (SSSR count). The molecule has 1 aliphatic rings. The maximum atomic E-state index is 12.7. The van der Waals surface area contributed by atoms with Gasteiger partial charge in [-0.2, -0.15) is 0 Å². The predicted molar refractivity (Wildman–Crippen MR) is 91.9 cm³/mol. The Kier molecular flexibility index (Phi) is 6.01. The molecule has 1 saturated heterocycles. The third kappa shape index (κ3) is 4.57. The van der Waals surface area contributed by atoms with Gasteiger partial charge in [-0.1, -0.05) is 45.0 Å². The molecule has 0 bridgehead atoms. The minimum absolute atomic E-state index is 0.0674. The van der Waals surface area contributed by atoms with E-state index in [1.165, 1.54) is 11.1 Å². The van der Waals surface area contributed by atoms with Gasteiger partial charge in [0.2, 0.25) is 5.91 Å². The maximum Gasteiger partial charge on any atom is 0.225 e. The van der Waals surface area contributed by atoms with E-state index in [1.807, 2.05) is 0 Å². The molecular weight excluding hydrogens is 272 g/mol. The van der Waals surface area contributed by atoms with Crippen molar-refractivity contribution >= 4 is 5.91 Å². The summed E-state index contributed by atoms with van der Waals surface area (Å²) < 4.78 is 0. The molecule has 1 aromatic rings. The summed E-state index contributed by atoms with van der Waals surface area (Å²) in [6, 6.07) is 8.38. The summed E-state index contributed by atoms with van der Waals surface area (Å²) in [5.74, 6) is 1.08. The molecule has 0 aliphatic carbocycles. The van der Waals surface area contributed by atoms with Gasteiger partial charge >= 0.3 is 0 Å². The molecule has 0 N–H and O–H groups in total. The van der Waals surface area contributed by atoms with Crippen molar-refractivity contribution in [1.82, 2.24) is 9.80 Å². The van der Waals surface area contributed by atoms with E-state index >= 15 is 0 Å². The number of rotatable bonds is 5. The maximum absolute atomic E-state index is 12.7. The molecule has 1 fully saturated rings. The molecule has 0 spiro atoms. The van der Waals surface area contributed by atoms with Gasteiger partial charge in [0.05, 0.1) is 0 Å². The zero-order chi connectivity index (χ0) is 16.1. The Hall–Kier alpha value is -1.35. The van der Waals surface area contributed by atoms with Gasteiger partial charge in [-0.15, -0.1) is 0 Å². The molecule has 1 atom stereocenters. The Morgan fingerprint density at radius 2 is 1.73 bits per heavy atom.